The minimum absolute atomic E-state index is 0.0164. The fourth-order valence-electron chi connectivity index (χ4n) is 2.13. The van der Waals surface area contributed by atoms with Crippen LogP contribution >= 0.6 is 0 Å². The quantitative estimate of drug-likeness (QED) is 0.919. The molecule has 1 heterocycles. The maximum absolute atomic E-state index is 13.6. The van der Waals surface area contributed by atoms with Crippen molar-refractivity contribution in [3.05, 3.63) is 65.0 Å². The Kier molecular flexibility index (Phi) is 4.22. The summed E-state index contributed by atoms with van der Waals surface area (Å²) in [7, 11) is 0. The fraction of sp³-hybridized carbons (Fsp3) is 0.267. The maximum Gasteiger partial charge on any atom is 0.129 e. The molecule has 1 unspecified atom stereocenters. The molecular weight excluding hydrogens is 246 g/mol. The van der Waals surface area contributed by atoms with Crippen molar-refractivity contribution in [2.24, 2.45) is 5.73 Å². The lowest BCUT2D eigenvalue weighted by molar-refractivity contribution is 0.536. The van der Waals surface area contributed by atoms with Crippen LogP contribution < -0.4 is 5.73 Å². The average molecular weight is 262 g/mol. The van der Waals surface area contributed by atoms with E-state index in [1.165, 1.54) is 18.2 Å². The first-order valence-corrected chi connectivity index (χ1v) is 6.25. The predicted octanol–water partition coefficient (Wildman–Crippen LogP) is 3.16. The van der Waals surface area contributed by atoms with Gasteiger partial charge in [0.1, 0.15) is 11.6 Å². The topological polar surface area (TPSA) is 38.9 Å². The summed E-state index contributed by atoms with van der Waals surface area (Å²) in [5.41, 5.74) is 7.77. The number of hydrogen-bond donors (Lipinski definition) is 1. The molecule has 0 saturated carbocycles. The number of rotatable bonds is 4. The van der Waals surface area contributed by atoms with E-state index in [2.05, 4.69) is 4.98 Å². The lowest BCUT2D eigenvalue weighted by Gasteiger charge is -2.15. The van der Waals surface area contributed by atoms with Gasteiger partial charge >= 0.3 is 0 Å². The third kappa shape index (κ3) is 2.96. The number of benzene rings is 1. The minimum Gasteiger partial charge on any atom is -0.322 e. The number of aromatic nitrogens is 1. The first-order valence-electron chi connectivity index (χ1n) is 6.25. The van der Waals surface area contributed by atoms with Crippen LogP contribution in [-0.4, -0.2) is 4.98 Å². The van der Waals surface area contributed by atoms with Gasteiger partial charge in [-0.2, -0.15) is 0 Å². The standard InChI is InChI=1S/C15H16F2N2/c1-2-10-5-4-8-19-15(10)14(18)9-11-12(16)6-3-7-13(11)17/h3-8,14H,2,9,18H2,1H3. The maximum atomic E-state index is 13.6. The van der Waals surface area contributed by atoms with Crippen LogP contribution in [0.15, 0.2) is 36.5 Å². The van der Waals surface area contributed by atoms with E-state index in [0.29, 0.717) is 5.69 Å². The Hall–Kier alpha value is -1.81. The molecule has 0 bridgehead atoms. The highest BCUT2D eigenvalue weighted by Gasteiger charge is 2.17. The van der Waals surface area contributed by atoms with Crippen LogP contribution in [0, 0.1) is 11.6 Å². The normalized spacial score (nSPS) is 12.4. The van der Waals surface area contributed by atoms with E-state index >= 15 is 0 Å². The molecular formula is C15H16F2N2. The van der Waals surface area contributed by atoms with Gasteiger partial charge in [-0.05, 0) is 36.6 Å². The molecule has 0 aliphatic carbocycles. The summed E-state index contributed by atoms with van der Waals surface area (Å²) in [6.45, 7) is 2.00. The molecule has 1 aromatic heterocycles. The molecule has 19 heavy (non-hydrogen) atoms. The molecule has 2 nitrogen and oxygen atoms in total. The van der Waals surface area contributed by atoms with Crippen LogP contribution in [0.3, 0.4) is 0 Å². The summed E-state index contributed by atoms with van der Waals surface area (Å²) in [4.78, 5) is 4.24. The van der Waals surface area contributed by atoms with Crippen molar-refractivity contribution >= 4 is 0 Å². The summed E-state index contributed by atoms with van der Waals surface area (Å²) in [6.07, 6.45) is 2.53. The Morgan fingerprint density at radius 2 is 1.84 bits per heavy atom. The Morgan fingerprint density at radius 1 is 1.16 bits per heavy atom. The van der Waals surface area contributed by atoms with Gasteiger partial charge in [0.05, 0.1) is 11.7 Å². The van der Waals surface area contributed by atoms with Crippen molar-refractivity contribution in [1.82, 2.24) is 4.98 Å². The van der Waals surface area contributed by atoms with Gasteiger partial charge in [0, 0.05) is 11.8 Å². The Labute approximate surface area is 111 Å². The fourth-order valence-corrected chi connectivity index (χ4v) is 2.13. The van der Waals surface area contributed by atoms with Crippen LogP contribution in [0.25, 0.3) is 0 Å². The van der Waals surface area contributed by atoms with Crippen LogP contribution in [0.4, 0.5) is 8.78 Å². The van der Waals surface area contributed by atoms with Crippen LogP contribution in [0.5, 0.6) is 0 Å². The number of pyridine rings is 1. The second kappa shape index (κ2) is 5.89. The number of hydrogen-bond acceptors (Lipinski definition) is 2. The van der Waals surface area contributed by atoms with Gasteiger partial charge in [-0.15, -0.1) is 0 Å². The second-order valence-electron chi connectivity index (χ2n) is 4.41. The number of nitrogens with zero attached hydrogens (tertiary/aromatic N) is 1. The molecule has 0 radical (unpaired) electrons. The highest BCUT2D eigenvalue weighted by molar-refractivity contribution is 5.27. The van der Waals surface area contributed by atoms with Gasteiger partial charge < -0.3 is 5.73 Å². The van der Waals surface area contributed by atoms with Gasteiger partial charge in [0.25, 0.3) is 0 Å². The molecule has 0 fully saturated rings. The van der Waals surface area contributed by atoms with Crippen LogP contribution in [0.2, 0.25) is 0 Å². The lowest BCUT2D eigenvalue weighted by atomic mass is 9.98. The Balaban J connectivity index is 2.28. The molecule has 0 saturated heterocycles. The van der Waals surface area contributed by atoms with Gasteiger partial charge in [-0.25, -0.2) is 8.78 Å². The molecule has 2 aromatic rings. The molecule has 2 rings (SSSR count). The molecule has 100 valence electrons. The van der Waals surface area contributed by atoms with E-state index in [9.17, 15) is 8.78 Å². The minimum atomic E-state index is -0.565. The third-order valence-corrected chi connectivity index (χ3v) is 3.14. The second-order valence-corrected chi connectivity index (χ2v) is 4.41. The zero-order chi connectivity index (χ0) is 13.8. The van der Waals surface area contributed by atoms with Gasteiger partial charge in [0.2, 0.25) is 0 Å². The first kappa shape index (κ1) is 13.6. The molecule has 1 atom stereocenters. The zero-order valence-corrected chi connectivity index (χ0v) is 10.7. The van der Waals surface area contributed by atoms with Crippen molar-refractivity contribution in [3.63, 3.8) is 0 Å². The van der Waals surface area contributed by atoms with E-state index in [1.54, 1.807) is 6.20 Å². The molecule has 1 aromatic carbocycles. The summed E-state index contributed by atoms with van der Waals surface area (Å²) >= 11 is 0. The Morgan fingerprint density at radius 3 is 2.47 bits per heavy atom. The van der Waals surface area contributed by atoms with Crippen LogP contribution in [-0.2, 0) is 12.8 Å². The van der Waals surface area contributed by atoms with Gasteiger partial charge in [-0.3, -0.25) is 4.98 Å². The summed E-state index contributed by atoms with van der Waals surface area (Å²) in [5, 5.41) is 0. The molecule has 0 aliphatic rings. The molecule has 4 heteroatoms. The van der Waals surface area contributed by atoms with E-state index in [0.717, 1.165) is 12.0 Å². The van der Waals surface area contributed by atoms with Crippen molar-refractivity contribution in [2.75, 3.05) is 0 Å². The summed E-state index contributed by atoms with van der Waals surface area (Å²) in [5.74, 6) is -1.13. The molecule has 0 spiro atoms. The first-order chi connectivity index (χ1) is 9.13. The largest absolute Gasteiger partial charge is 0.322 e. The van der Waals surface area contributed by atoms with E-state index in [4.69, 9.17) is 5.73 Å². The van der Waals surface area contributed by atoms with E-state index in [1.807, 2.05) is 19.1 Å². The zero-order valence-electron chi connectivity index (χ0n) is 10.7. The van der Waals surface area contributed by atoms with Crippen molar-refractivity contribution in [2.45, 2.75) is 25.8 Å². The number of halogens is 2. The third-order valence-electron chi connectivity index (χ3n) is 3.14. The van der Waals surface area contributed by atoms with E-state index < -0.39 is 17.7 Å². The lowest BCUT2D eigenvalue weighted by Crippen LogP contribution is -2.18. The van der Waals surface area contributed by atoms with Gasteiger partial charge in [-0.1, -0.05) is 19.1 Å². The van der Waals surface area contributed by atoms with Crippen molar-refractivity contribution in [1.29, 1.82) is 0 Å². The van der Waals surface area contributed by atoms with Crippen molar-refractivity contribution in [3.8, 4) is 0 Å². The highest BCUT2D eigenvalue weighted by Crippen LogP contribution is 2.21. The highest BCUT2D eigenvalue weighted by atomic mass is 19.1. The van der Waals surface area contributed by atoms with Crippen molar-refractivity contribution < 1.29 is 8.78 Å². The summed E-state index contributed by atoms with van der Waals surface area (Å²) in [6, 6.07) is 7.08. The summed E-state index contributed by atoms with van der Waals surface area (Å²) < 4.78 is 27.2. The average Bonchev–Trinajstić information content (AvgIpc) is 2.42. The number of nitrogens with two attached hydrogens (primary N) is 1. The molecule has 0 aliphatic heterocycles. The smallest absolute Gasteiger partial charge is 0.129 e. The van der Waals surface area contributed by atoms with Gasteiger partial charge in [0.15, 0.2) is 0 Å². The van der Waals surface area contributed by atoms with Crippen LogP contribution in [0.1, 0.15) is 29.8 Å². The molecule has 2 N–H and O–H groups in total. The predicted molar refractivity (Wildman–Crippen MR) is 70.6 cm³/mol. The monoisotopic (exact) mass is 262 g/mol. The molecule has 0 amide bonds. The SMILES string of the molecule is CCc1cccnc1C(N)Cc1c(F)cccc1F. The van der Waals surface area contributed by atoms with E-state index in [-0.39, 0.29) is 12.0 Å². The Bertz CT molecular complexity index is 550. The number of aryl methyl sites for hydroxylation is 1.